The molecule has 4 amide bonds. The third-order valence-electron chi connectivity index (χ3n) is 2.45. The maximum absolute atomic E-state index is 11.8. The summed E-state index contributed by atoms with van der Waals surface area (Å²) in [6.45, 7) is 0.522. The van der Waals surface area contributed by atoms with Gasteiger partial charge in [0.15, 0.2) is 0 Å². The molecule has 22 heavy (non-hydrogen) atoms. The maximum atomic E-state index is 11.8. The van der Waals surface area contributed by atoms with Crippen LogP contribution in [0.15, 0.2) is 0 Å². The number of nitrogens with one attached hydrogen (secondary N) is 3. The second-order valence-electron chi connectivity index (χ2n) is 4.33. The Morgan fingerprint density at radius 3 is 2.14 bits per heavy atom. The first-order valence-electron chi connectivity index (χ1n) is 6.25. The molecule has 0 spiro atoms. The fraction of sp³-hybridized carbons (Fsp3) is 0.545. The molecule has 0 bridgehead atoms. The summed E-state index contributed by atoms with van der Waals surface area (Å²) in [5, 5.41) is 15.2. The van der Waals surface area contributed by atoms with Gasteiger partial charge in [0.05, 0.1) is 19.5 Å². The van der Waals surface area contributed by atoms with Gasteiger partial charge >= 0.3 is 5.97 Å². The fourth-order valence-corrected chi connectivity index (χ4v) is 1.27. The molecule has 0 aliphatic carbocycles. The van der Waals surface area contributed by atoms with E-state index in [9.17, 15) is 24.0 Å². The fourth-order valence-electron chi connectivity index (χ4n) is 1.27. The number of rotatable bonds is 9. The number of hydrogen-bond donors (Lipinski definition) is 6. The van der Waals surface area contributed by atoms with Crippen LogP contribution in [0.25, 0.3) is 0 Å². The van der Waals surface area contributed by atoms with Gasteiger partial charge in [-0.15, -0.1) is 0 Å². The monoisotopic (exact) mass is 317 g/mol. The van der Waals surface area contributed by atoms with Crippen LogP contribution in [0.5, 0.6) is 0 Å². The van der Waals surface area contributed by atoms with E-state index in [4.69, 9.17) is 16.6 Å². The normalized spacial score (nSPS) is 12.6. The Bertz CT molecular complexity index is 466. The van der Waals surface area contributed by atoms with Gasteiger partial charge < -0.3 is 32.5 Å². The van der Waals surface area contributed by atoms with Crippen LogP contribution < -0.4 is 27.4 Å². The lowest BCUT2D eigenvalue weighted by molar-refractivity contribution is -0.141. The summed E-state index contributed by atoms with van der Waals surface area (Å²) in [6.07, 6.45) is -0.701. The van der Waals surface area contributed by atoms with Crippen molar-refractivity contribution in [2.45, 2.75) is 25.4 Å². The molecule has 0 unspecified atom stereocenters. The first-order valence-corrected chi connectivity index (χ1v) is 6.25. The predicted octanol–water partition coefficient (Wildman–Crippen LogP) is -3.99. The number of nitrogens with two attached hydrogens (primary N) is 2. The van der Waals surface area contributed by atoms with E-state index in [1.165, 1.54) is 6.92 Å². The summed E-state index contributed by atoms with van der Waals surface area (Å²) < 4.78 is 0. The molecule has 0 saturated carbocycles. The minimum atomic E-state index is -1.42. The maximum Gasteiger partial charge on any atom is 0.305 e. The molecule has 0 fully saturated rings. The molecule has 0 aliphatic rings. The number of primary amides is 1. The van der Waals surface area contributed by atoms with Gasteiger partial charge in [0.1, 0.15) is 12.1 Å². The highest BCUT2D eigenvalue weighted by Gasteiger charge is 2.25. The second kappa shape index (κ2) is 9.28. The molecular weight excluding hydrogens is 298 g/mol. The van der Waals surface area contributed by atoms with E-state index in [-0.39, 0.29) is 6.54 Å². The molecule has 0 aromatic rings. The number of carbonyl (C=O) groups is 5. The topological polar surface area (TPSA) is 194 Å². The zero-order valence-corrected chi connectivity index (χ0v) is 11.9. The summed E-state index contributed by atoms with van der Waals surface area (Å²) in [7, 11) is 0. The lowest BCUT2D eigenvalue weighted by Gasteiger charge is -2.19. The van der Waals surface area contributed by atoms with Crippen LogP contribution in [0, 0.1) is 0 Å². The van der Waals surface area contributed by atoms with Crippen molar-refractivity contribution in [1.29, 1.82) is 0 Å². The van der Waals surface area contributed by atoms with Crippen molar-refractivity contribution < 1.29 is 29.1 Å². The number of aliphatic carboxylic acids is 1. The average molecular weight is 317 g/mol. The molecule has 0 radical (unpaired) electrons. The van der Waals surface area contributed by atoms with Gasteiger partial charge in [-0.05, 0) is 6.92 Å². The molecule has 124 valence electrons. The quantitative estimate of drug-likeness (QED) is 0.249. The number of amides is 4. The highest BCUT2D eigenvalue weighted by molar-refractivity contribution is 5.94. The van der Waals surface area contributed by atoms with E-state index < -0.39 is 54.6 Å². The molecule has 8 N–H and O–H groups in total. The van der Waals surface area contributed by atoms with Gasteiger partial charge in [-0.3, -0.25) is 24.0 Å². The Balaban J connectivity index is 4.66. The van der Waals surface area contributed by atoms with Gasteiger partial charge in [-0.25, -0.2) is 0 Å². The molecule has 0 aromatic carbocycles. The standard InChI is InChI=1S/C11H19N5O6/c1-5(10(13)21)15-11(22)6(2-9(19)20)16-8(18)4-14-7(17)3-12/h5-6H,2-4,12H2,1H3,(H2,13,21)(H,14,17)(H,15,22)(H,16,18)(H,19,20)/t5-,6-/m0/s1. The van der Waals surface area contributed by atoms with Crippen LogP contribution in [0.4, 0.5) is 0 Å². The van der Waals surface area contributed by atoms with Crippen LogP contribution >= 0.6 is 0 Å². The molecular formula is C11H19N5O6. The van der Waals surface area contributed by atoms with E-state index in [1.54, 1.807) is 0 Å². The largest absolute Gasteiger partial charge is 0.481 e. The lowest BCUT2D eigenvalue weighted by Crippen LogP contribution is -2.54. The summed E-state index contributed by atoms with van der Waals surface area (Å²) in [4.78, 5) is 55.8. The average Bonchev–Trinajstić information content (AvgIpc) is 2.43. The molecule has 0 aromatic heterocycles. The van der Waals surface area contributed by atoms with Crippen molar-refractivity contribution >= 4 is 29.6 Å². The van der Waals surface area contributed by atoms with E-state index in [0.717, 1.165) is 0 Å². The Morgan fingerprint density at radius 2 is 1.68 bits per heavy atom. The van der Waals surface area contributed by atoms with E-state index in [0.29, 0.717) is 0 Å². The summed E-state index contributed by atoms with van der Waals surface area (Å²) in [6, 6.07) is -2.45. The number of carboxylic acid groups (broad SMARTS) is 1. The summed E-state index contributed by atoms with van der Waals surface area (Å²) in [5.74, 6) is -4.40. The second-order valence-corrected chi connectivity index (χ2v) is 4.33. The highest BCUT2D eigenvalue weighted by Crippen LogP contribution is 1.95. The zero-order valence-electron chi connectivity index (χ0n) is 11.9. The molecule has 11 heteroatoms. The molecule has 2 atom stereocenters. The van der Waals surface area contributed by atoms with Crippen molar-refractivity contribution in [2.24, 2.45) is 11.5 Å². The molecule has 0 heterocycles. The van der Waals surface area contributed by atoms with Crippen molar-refractivity contribution in [2.75, 3.05) is 13.1 Å². The number of hydrogen-bond acceptors (Lipinski definition) is 6. The van der Waals surface area contributed by atoms with Crippen LogP contribution in [0.2, 0.25) is 0 Å². The third-order valence-corrected chi connectivity index (χ3v) is 2.45. The van der Waals surface area contributed by atoms with E-state index in [1.807, 2.05) is 0 Å². The molecule has 11 nitrogen and oxygen atoms in total. The van der Waals surface area contributed by atoms with E-state index >= 15 is 0 Å². The Morgan fingerprint density at radius 1 is 1.09 bits per heavy atom. The van der Waals surface area contributed by atoms with Crippen molar-refractivity contribution in [3.63, 3.8) is 0 Å². The van der Waals surface area contributed by atoms with Crippen LogP contribution in [-0.4, -0.2) is 59.9 Å². The highest BCUT2D eigenvalue weighted by atomic mass is 16.4. The van der Waals surface area contributed by atoms with E-state index in [2.05, 4.69) is 16.0 Å². The molecule has 0 rings (SSSR count). The lowest BCUT2D eigenvalue weighted by atomic mass is 10.1. The number of carboxylic acids is 1. The minimum absolute atomic E-state index is 0.317. The smallest absolute Gasteiger partial charge is 0.305 e. The van der Waals surface area contributed by atoms with Gasteiger partial charge in [0.2, 0.25) is 23.6 Å². The Hall–Kier alpha value is -2.69. The summed E-state index contributed by atoms with van der Waals surface area (Å²) >= 11 is 0. The SMILES string of the molecule is C[C@H](NC(=O)[C@H](CC(=O)O)NC(=O)CNC(=O)CN)C(N)=O. The van der Waals surface area contributed by atoms with Gasteiger partial charge in [-0.1, -0.05) is 0 Å². The minimum Gasteiger partial charge on any atom is -0.481 e. The van der Waals surface area contributed by atoms with Crippen LogP contribution in [0.3, 0.4) is 0 Å². The van der Waals surface area contributed by atoms with Gasteiger partial charge in [-0.2, -0.15) is 0 Å². The van der Waals surface area contributed by atoms with Crippen LogP contribution in [0.1, 0.15) is 13.3 Å². The number of carbonyl (C=O) groups excluding carboxylic acids is 4. The van der Waals surface area contributed by atoms with Gasteiger partial charge in [0, 0.05) is 0 Å². The van der Waals surface area contributed by atoms with Crippen molar-refractivity contribution in [3.8, 4) is 0 Å². The third kappa shape index (κ3) is 7.79. The Kier molecular flexibility index (Phi) is 8.15. The molecule has 0 aliphatic heterocycles. The summed E-state index contributed by atoms with van der Waals surface area (Å²) in [5.41, 5.74) is 9.99. The van der Waals surface area contributed by atoms with Crippen molar-refractivity contribution in [1.82, 2.24) is 16.0 Å². The first-order chi connectivity index (χ1) is 10.2. The van der Waals surface area contributed by atoms with Crippen molar-refractivity contribution in [3.05, 3.63) is 0 Å². The predicted molar refractivity (Wildman–Crippen MR) is 73.0 cm³/mol. The van der Waals surface area contributed by atoms with Gasteiger partial charge in [0.25, 0.3) is 0 Å². The molecule has 0 saturated heterocycles. The first kappa shape index (κ1) is 19.3. The zero-order chi connectivity index (χ0) is 17.3. The Labute approximate surface area is 125 Å². The van der Waals surface area contributed by atoms with Crippen LogP contribution in [-0.2, 0) is 24.0 Å².